The van der Waals surface area contributed by atoms with Gasteiger partial charge in [-0.1, -0.05) is 6.07 Å². The van der Waals surface area contributed by atoms with Crippen LogP contribution in [0.25, 0.3) is 0 Å². The first-order valence-electron chi connectivity index (χ1n) is 8.84. The van der Waals surface area contributed by atoms with Crippen LogP contribution in [0.1, 0.15) is 15.9 Å². The zero-order chi connectivity index (χ0) is 20.1. The summed E-state index contributed by atoms with van der Waals surface area (Å²) in [5.41, 5.74) is 1.76. The number of rotatable bonds is 4. The van der Waals surface area contributed by atoms with Crippen molar-refractivity contribution in [3.8, 4) is 11.5 Å². The highest BCUT2D eigenvalue weighted by Crippen LogP contribution is 2.32. The van der Waals surface area contributed by atoms with E-state index in [1.165, 1.54) is 12.1 Å². The molecule has 8 heteroatoms. The smallest absolute Gasteiger partial charge is 0.258 e. The first-order valence-corrected chi connectivity index (χ1v) is 8.84. The van der Waals surface area contributed by atoms with E-state index in [0.29, 0.717) is 29.3 Å². The number of halogens is 1. The van der Waals surface area contributed by atoms with E-state index >= 15 is 0 Å². The maximum absolute atomic E-state index is 13.5. The summed E-state index contributed by atoms with van der Waals surface area (Å²) >= 11 is 0. The monoisotopic (exact) mass is 392 g/mol. The lowest BCUT2D eigenvalue weighted by molar-refractivity contribution is 0.0976. The number of fused-ring (bicyclic) bond motifs is 1. The molecule has 1 aliphatic rings. The van der Waals surface area contributed by atoms with E-state index in [-0.39, 0.29) is 18.7 Å². The van der Waals surface area contributed by atoms with E-state index in [9.17, 15) is 9.18 Å². The normalized spacial score (nSPS) is 12.5. The Morgan fingerprint density at radius 2 is 1.90 bits per heavy atom. The van der Waals surface area contributed by atoms with E-state index in [0.717, 1.165) is 5.56 Å². The Balaban J connectivity index is 1.54. The summed E-state index contributed by atoms with van der Waals surface area (Å²) in [6.07, 6.45) is 3.32. The number of carbonyl (C=O) groups is 1. The van der Waals surface area contributed by atoms with Gasteiger partial charge in [0, 0.05) is 23.6 Å². The quantitative estimate of drug-likeness (QED) is 0.525. The molecule has 2 N–H and O–H groups in total. The largest absolute Gasteiger partial charge is 0.454 e. The first-order chi connectivity index (χ1) is 14.2. The maximum Gasteiger partial charge on any atom is 0.258 e. The zero-order valence-corrected chi connectivity index (χ0v) is 15.3. The Hall–Kier alpha value is -3.94. The van der Waals surface area contributed by atoms with Crippen LogP contribution in [0.5, 0.6) is 11.5 Å². The van der Waals surface area contributed by atoms with Gasteiger partial charge in [0.05, 0.1) is 6.54 Å². The molecule has 0 bridgehead atoms. The summed E-state index contributed by atoms with van der Waals surface area (Å²) in [7, 11) is 0. The second-order valence-corrected chi connectivity index (χ2v) is 6.18. The molecule has 0 fully saturated rings. The van der Waals surface area contributed by atoms with Crippen LogP contribution in [0.15, 0.2) is 72.0 Å². The van der Waals surface area contributed by atoms with Crippen LogP contribution in [-0.4, -0.2) is 23.6 Å². The molecule has 0 saturated heterocycles. The van der Waals surface area contributed by atoms with Crippen LogP contribution in [0.4, 0.5) is 10.1 Å². The third-order valence-corrected chi connectivity index (χ3v) is 4.12. The molecule has 0 saturated carbocycles. The summed E-state index contributed by atoms with van der Waals surface area (Å²) in [6, 6.07) is 14.4. The summed E-state index contributed by atoms with van der Waals surface area (Å²) in [6.45, 7) is 0.432. The molecule has 2 heterocycles. The highest BCUT2D eigenvalue weighted by Gasteiger charge is 2.17. The molecule has 0 unspecified atom stereocenters. The predicted octanol–water partition coefficient (Wildman–Crippen LogP) is 3.35. The standard InChI is InChI=1S/C21H17FN4O3/c22-16-2-1-3-17(11-16)25-21(24-12-14-6-8-23-9-7-14)26-20(27)15-4-5-18-19(10-15)29-13-28-18/h1-11H,12-13H2,(H2,24,25,26,27). The molecule has 1 aliphatic heterocycles. The van der Waals surface area contributed by atoms with E-state index in [1.54, 1.807) is 42.7 Å². The summed E-state index contributed by atoms with van der Waals surface area (Å²) in [4.78, 5) is 21.1. The van der Waals surface area contributed by atoms with Gasteiger partial charge in [-0.05, 0) is 54.1 Å². The number of aliphatic imine (C=N–C) groups is 1. The van der Waals surface area contributed by atoms with Crippen molar-refractivity contribution in [1.29, 1.82) is 0 Å². The van der Waals surface area contributed by atoms with Crippen LogP contribution < -0.4 is 20.1 Å². The molecule has 29 heavy (non-hydrogen) atoms. The SMILES string of the molecule is O=C(NC(=NCc1ccncc1)Nc1cccc(F)c1)c1ccc2c(c1)OCO2. The van der Waals surface area contributed by atoms with Crippen molar-refractivity contribution < 1.29 is 18.7 Å². The van der Waals surface area contributed by atoms with Crippen molar-refractivity contribution in [2.45, 2.75) is 6.54 Å². The van der Waals surface area contributed by atoms with Gasteiger partial charge in [0.2, 0.25) is 12.8 Å². The molecule has 0 spiro atoms. The number of anilines is 1. The summed E-state index contributed by atoms with van der Waals surface area (Å²) in [5.74, 6) is 0.498. The number of carbonyl (C=O) groups excluding carboxylic acids is 1. The number of aromatic nitrogens is 1. The number of pyridine rings is 1. The minimum absolute atomic E-state index is 0.125. The van der Waals surface area contributed by atoms with Crippen molar-refractivity contribution in [2.24, 2.45) is 4.99 Å². The molecule has 0 aliphatic carbocycles. The van der Waals surface area contributed by atoms with E-state index < -0.39 is 5.82 Å². The second-order valence-electron chi connectivity index (χ2n) is 6.18. The number of amides is 1. The first kappa shape index (κ1) is 18.4. The van der Waals surface area contributed by atoms with Crippen molar-refractivity contribution in [2.75, 3.05) is 12.1 Å². The van der Waals surface area contributed by atoms with Gasteiger partial charge in [-0.3, -0.25) is 15.1 Å². The summed E-state index contributed by atoms with van der Waals surface area (Å²) in [5, 5.41) is 5.68. The summed E-state index contributed by atoms with van der Waals surface area (Å²) < 4.78 is 24.1. The molecule has 7 nitrogen and oxygen atoms in total. The van der Waals surface area contributed by atoms with Gasteiger partial charge < -0.3 is 14.8 Å². The second kappa shape index (κ2) is 8.39. The van der Waals surface area contributed by atoms with Gasteiger partial charge in [-0.25, -0.2) is 9.38 Å². The molecule has 146 valence electrons. The Morgan fingerprint density at radius 1 is 1.07 bits per heavy atom. The average Bonchev–Trinajstić information content (AvgIpc) is 3.20. The van der Waals surface area contributed by atoms with Gasteiger partial charge in [-0.2, -0.15) is 0 Å². The van der Waals surface area contributed by atoms with Crippen LogP contribution in [-0.2, 0) is 6.54 Å². The van der Waals surface area contributed by atoms with Crippen LogP contribution >= 0.6 is 0 Å². The van der Waals surface area contributed by atoms with Gasteiger partial charge in [0.1, 0.15) is 5.82 Å². The number of nitrogens with zero attached hydrogens (tertiary/aromatic N) is 2. The van der Waals surface area contributed by atoms with Crippen LogP contribution in [0, 0.1) is 5.82 Å². The average molecular weight is 392 g/mol. The zero-order valence-electron chi connectivity index (χ0n) is 15.3. The molecule has 2 aromatic carbocycles. The lowest BCUT2D eigenvalue weighted by Crippen LogP contribution is -2.36. The number of guanidine groups is 1. The molecule has 0 radical (unpaired) electrons. The number of nitrogens with one attached hydrogen (secondary N) is 2. The molecule has 0 atom stereocenters. The fourth-order valence-electron chi connectivity index (χ4n) is 2.69. The Bertz CT molecular complexity index is 1060. The van der Waals surface area contributed by atoms with Crippen molar-refractivity contribution in [3.63, 3.8) is 0 Å². The van der Waals surface area contributed by atoms with Crippen LogP contribution in [0.3, 0.4) is 0 Å². The maximum atomic E-state index is 13.5. The Kier molecular flexibility index (Phi) is 5.33. The number of ether oxygens (including phenoxy) is 2. The highest BCUT2D eigenvalue weighted by atomic mass is 19.1. The Morgan fingerprint density at radius 3 is 2.72 bits per heavy atom. The lowest BCUT2D eigenvalue weighted by Gasteiger charge is -2.12. The fourth-order valence-corrected chi connectivity index (χ4v) is 2.69. The Labute approximate surface area is 166 Å². The van der Waals surface area contributed by atoms with Gasteiger partial charge >= 0.3 is 0 Å². The van der Waals surface area contributed by atoms with Gasteiger partial charge in [0.15, 0.2) is 11.5 Å². The van der Waals surface area contributed by atoms with E-state index in [4.69, 9.17) is 9.47 Å². The minimum atomic E-state index is -0.398. The number of benzene rings is 2. The van der Waals surface area contributed by atoms with Gasteiger partial charge in [-0.15, -0.1) is 0 Å². The molecule has 1 amide bonds. The number of hydrogen-bond donors (Lipinski definition) is 2. The third-order valence-electron chi connectivity index (χ3n) is 4.12. The molecule has 3 aromatic rings. The predicted molar refractivity (Wildman–Crippen MR) is 105 cm³/mol. The topological polar surface area (TPSA) is 84.8 Å². The fraction of sp³-hybridized carbons (Fsp3) is 0.0952. The third kappa shape index (κ3) is 4.67. The molecule has 4 rings (SSSR count). The molecule has 1 aromatic heterocycles. The minimum Gasteiger partial charge on any atom is -0.454 e. The van der Waals surface area contributed by atoms with E-state index in [2.05, 4.69) is 20.6 Å². The van der Waals surface area contributed by atoms with Crippen LogP contribution in [0.2, 0.25) is 0 Å². The molecular formula is C21H17FN4O3. The van der Waals surface area contributed by atoms with E-state index in [1.807, 2.05) is 12.1 Å². The van der Waals surface area contributed by atoms with Crippen molar-refractivity contribution in [1.82, 2.24) is 10.3 Å². The lowest BCUT2D eigenvalue weighted by atomic mass is 10.2. The highest BCUT2D eigenvalue weighted by molar-refractivity contribution is 6.10. The van der Waals surface area contributed by atoms with Crippen molar-refractivity contribution in [3.05, 3.63) is 83.9 Å². The number of hydrogen-bond acceptors (Lipinski definition) is 5. The molecular weight excluding hydrogens is 375 g/mol. The van der Waals surface area contributed by atoms with Crippen molar-refractivity contribution >= 4 is 17.6 Å². The van der Waals surface area contributed by atoms with Gasteiger partial charge in [0.25, 0.3) is 5.91 Å².